The highest BCUT2D eigenvalue weighted by Crippen LogP contribution is 2.23. The molecule has 122 valence electrons. The van der Waals surface area contributed by atoms with Crippen LogP contribution >= 0.6 is 0 Å². The summed E-state index contributed by atoms with van der Waals surface area (Å²) < 4.78 is 23.9. The van der Waals surface area contributed by atoms with Gasteiger partial charge in [-0.3, -0.25) is 9.69 Å². The molecule has 1 aliphatic rings. The first kappa shape index (κ1) is 16.9. The van der Waals surface area contributed by atoms with E-state index in [0.29, 0.717) is 19.6 Å². The Labute approximate surface area is 131 Å². The molecule has 4 nitrogen and oxygen atoms in total. The van der Waals surface area contributed by atoms with E-state index >= 15 is 0 Å². The van der Waals surface area contributed by atoms with Crippen molar-refractivity contribution in [3.8, 4) is 0 Å². The number of nitrogens with zero attached hydrogens (tertiary/aromatic N) is 1. The van der Waals surface area contributed by atoms with E-state index in [-0.39, 0.29) is 17.9 Å². The summed E-state index contributed by atoms with van der Waals surface area (Å²) in [7, 11) is 0. The van der Waals surface area contributed by atoms with E-state index in [1.165, 1.54) is 12.1 Å². The summed E-state index contributed by atoms with van der Waals surface area (Å²) in [5.74, 6) is -0.352. The van der Waals surface area contributed by atoms with Crippen molar-refractivity contribution < 1.29 is 18.7 Å². The van der Waals surface area contributed by atoms with Gasteiger partial charge in [0.05, 0.1) is 19.3 Å². The van der Waals surface area contributed by atoms with Crippen LogP contribution in [0, 0.1) is 5.82 Å². The van der Waals surface area contributed by atoms with Gasteiger partial charge in [0.2, 0.25) is 0 Å². The zero-order valence-electron chi connectivity index (χ0n) is 13.1. The van der Waals surface area contributed by atoms with E-state index in [1.54, 1.807) is 6.07 Å². The summed E-state index contributed by atoms with van der Waals surface area (Å²) in [5.41, 5.74) is 0.885. The molecule has 1 fully saturated rings. The van der Waals surface area contributed by atoms with Gasteiger partial charge in [-0.05, 0) is 44.0 Å². The lowest BCUT2D eigenvalue weighted by Gasteiger charge is -2.33. The SMILES string of the molecule is CCOC(=O)CCCCN1CCO[C@H](c2cccc(F)c2)C1. The summed E-state index contributed by atoms with van der Waals surface area (Å²) in [6, 6.07) is 6.60. The Morgan fingerprint density at radius 1 is 1.45 bits per heavy atom. The molecule has 0 bridgehead atoms. The third-order valence-electron chi connectivity index (χ3n) is 3.78. The zero-order valence-corrected chi connectivity index (χ0v) is 13.1. The van der Waals surface area contributed by atoms with Crippen molar-refractivity contribution in [2.24, 2.45) is 0 Å². The molecule has 1 aliphatic heterocycles. The number of hydrogen-bond acceptors (Lipinski definition) is 4. The van der Waals surface area contributed by atoms with Crippen LogP contribution in [0.5, 0.6) is 0 Å². The highest BCUT2D eigenvalue weighted by molar-refractivity contribution is 5.69. The summed E-state index contributed by atoms with van der Waals surface area (Å²) in [5, 5.41) is 0. The maximum absolute atomic E-state index is 13.3. The summed E-state index contributed by atoms with van der Waals surface area (Å²) >= 11 is 0. The van der Waals surface area contributed by atoms with Crippen LogP contribution in [0.15, 0.2) is 24.3 Å². The molecule has 0 aliphatic carbocycles. The van der Waals surface area contributed by atoms with Crippen LogP contribution in [0.1, 0.15) is 37.9 Å². The smallest absolute Gasteiger partial charge is 0.305 e. The van der Waals surface area contributed by atoms with Gasteiger partial charge in [0, 0.05) is 19.5 Å². The lowest BCUT2D eigenvalue weighted by Crippen LogP contribution is -2.38. The van der Waals surface area contributed by atoms with Crippen LogP contribution in [0.25, 0.3) is 0 Å². The number of carbonyl (C=O) groups is 1. The molecular weight excluding hydrogens is 285 g/mol. The topological polar surface area (TPSA) is 38.8 Å². The van der Waals surface area contributed by atoms with Crippen molar-refractivity contribution >= 4 is 5.97 Å². The van der Waals surface area contributed by atoms with Gasteiger partial charge in [-0.1, -0.05) is 12.1 Å². The van der Waals surface area contributed by atoms with Crippen molar-refractivity contribution in [1.82, 2.24) is 4.90 Å². The van der Waals surface area contributed by atoms with Crippen LogP contribution < -0.4 is 0 Å². The fraction of sp³-hybridized carbons (Fsp3) is 0.588. The van der Waals surface area contributed by atoms with Crippen molar-refractivity contribution in [2.75, 3.05) is 32.8 Å². The molecule has 1 atom stereocenters. The Morgan fingerprint density at radius 2 is 2.32 bits per heavy atom. The number of carbonyl (C=O) groups excluding carboxylic acids is 1. The van der Waals surface area contributed by atoms with Crippen LogP contribution in [0.3, 0.4) is 0 Å². The Morgan fingerprint density at radius 3 is 3.09 bits per heavy atom. The molecule has 22 heavy (non-hydrogen) atoms. The molecule has 1 heterocycles. The number of morpholine rings is 1. The Balaban J connectivity index is 1.73. The second-order valence-electron chi connectivity index (χ2n) is 5.48. The average molecular weight is 309 g/mol. The molecule has 0 unspecified atom stereocenters. The number of unbranched alkanes of at least 4 members (excludes halogenated alkanes) is 1. The minimum absolute atomic E-state index is 0.0745. The van der Waals surface area contributed by atoms with E-state index in [9.17, 15) is 9.18 Å². The van der Waals surface area contributed by atoms with Crippen LogP contribution in [0.2, 0.25) is 0 Å². The van der Waals surface area contributed by atoms with Crippen molar-refractivity contribution in [3.63, 3.8) is 0 Å². The quantitative estimate of drug-likeness (QED) is 0.573. The molecule has 1 saturated heterocycles. The van der Waals surface area contributed by atoms with Crippen LogP contribution in [-0.2, 0) is 14.3 Å². The molecule has 0 saturated carbocycles. The summed E-state index contributed by atoms with van der Waals surface area (Å²) in [4.78, 5) is 13.6. The summed E-state index contributed by atoms with van der Waals surface area (Å²) in [6.45, 7) is 5.48. The van der Waals surface area contributed by atoms with E-state index < -0.39 is 0 Å². The second-order valence-corrected chi connectivity index (χ2v) is 5.48. The predicted octanol–water partition coefficient (Wildman–Crippen LogP) is 2.93. The molecule has 2 rings (SSSR count). The Kier molecular flexibility index (Phi) is 6.80. The Hall–Kier alpha value is -1.46. The van der Waals surface area contributed by atoms with Gasteiger partial charge in [0.15, 0.2) is 0 Å². The van der Waals surface area contributed by atoms with E-state index in [4.69, 9.17) is 9.47 Å². The van der Waals surface area contributed by atoms with Crippen molar-refractivity contribution in [2.45, 2.75) is 32.3 Å². The maximum atomic E-state index is 13.3. The van der Waals surface area contributed by atoms with Gasteiger partial charge < -0.3 is 9.47 Å². The second kappa shape index (κ2) is 8.86. The average Bonchev–Trinajstić information content (AvgIpc) is 2.52. The number of benzene rings is 1. The van der Waals surface area contributed by atoms with Gasteiger partial charge >= 0.3 is 5.97 Å². The minimum atomic E-state index is -0.229. The molecule has 0 aromatic heterocycles. The van der Waals surface area contributed by atoms with Gasteiger partial charge in [0.1, 0.15) is 5.82 Å². The maximum Gasteiger partial charge on any atom is 0.305 e. The van der Waals surface area contributed by atoms with Crippen LogP contribution in [0.4, 0.5) is 4.39 Å². The van der Waals surface area contributed by atoms with E-state index in [2.05, 4.69) is 4.90 Å². The fourth-order valence-electron chi connectivity index (χ4n) is 2.65. The number of rotatable bonds is 7. The number of hydrogen-bond donors (Lipinski definition) is 0. The minimum Gasteiger partial charge on any atom is -0.466 e. The first-order chi connectivity index (χ1) is 10.7. The highest BCUT2D eigenvalue weighted by atomic mass is 19.1. The van der Waals surface area contributed by atoms with Crippen molar-refractivity contribution in [1.29, 1.82) is 0 Å². The largest absolute Gasteiger partial charge is 0.466 e. The zero-order chi connectivity index (χ0) is 15.8. The van der Waals surface area contributed by atoms with Gasteiger partial charge in [0.25, 0.3) is 0 Å². The highest BCUT2D eigenvalue weighted by Gasteiger charge is 2.21. The van der Waals surface area contributed by atoms with Crippen molar-refractivity contribution in [3.05, 3.63) is 35.6 Å². The lowest BCUT2D eigenvalue weighted by atomic mass is 10.1. The van der Waals surface area contributed by atoms with Gasteiger partial charge in [-0.25, -0.2) is 4.39 Å². The molecule has 0 radical (unpaired) electrons. The molecule has 0 amide bonds. The fourth-order valence-corrected chi connectivity index (χ4v) is 2.65. The molecular formula is C17H24FNO3. The van der Waals surface area contributed by atoms with Gasteiger partial charge in [-0.2, -0.15) is 0 Å². The predicted molar refractivity (Wildman–Crippen MR) is 82.0 cm³/mol. The number of halogens is 1. The first-order valence-corrected chi connectivity index (χ1v) is 7.94. The third kappa shape index (κ3) is 5.39. The number of esters is 1. The van der Waals surface area contributed by atoms with E-state index in [1.807, 2.05) is 13.0 Å². The van der Waals surface area contributed by atoms with Gasteiger partial charge in [-0.15, -0.1) is 0 Å². The Bertz CT molecular complexity index is 481. The molecule has 0 spiro atoms. The molecule has 1 aromatic carbocycles. The molecule has 0 N–H and O–H groups in total. The molecule has 1 aromatic rings. The summed E-state index contributed by atoms with van der Waals surface area (Å²) in [6.07, 6.45) is 2.19. The normalized spacial score (nSPS) is 19.1. The first-order valence-electron chi connectivity index (χ1n) is 7.94. The van der Waals surface area contributed by atoms with Crippen LogP contribution in [-0.4, -0.2) is 43.7 Å². The third-order valence-corrected chi connectivity index (χ3v) is 3.78. The standard InChI is InChI=1S/C17H24FNO3/c1-2-21-17(20)8-3-4-9-19-10-11-22-16(13-19)14-6-5-7-15(18)12-14/h5-7,12,16H,2-4,8-11,13H2,1H3/t16-/m0/s1. The van der Waals surface area contributed by atoms with E-state index in [0.717, 1.165) is 38.0 Å². The number of ether oxygens (including phenoxy) is 2. The molecule has 5 heteroatoms. The monoisotopic (exact) mass is 309 g/mol. The lowest BCUT2D eigenvalue weighted by molar-refractivity contribution is -0.143.